The molecule has 5 N–H and O–H groups in total. The van der Waals surface area contributed by atoms with Crippen LogP contribution in [0.25, 0.3) is 0 Å². The summed E-state index contributed by atoms with van der Waals surface area (Å²) in [7, 11) is 3.58. The average Bonchev–Trinajstić information content (AvgIpc) is 3.21. The van der Waals surface area contributed by atoms with E-state index in [9.17, 15) is 44.7 Å². The third kappa shape index (κ3) is 6.95. The fourth-order valence-electron chi connectivity index (χ4n) is 13.8. The molecule has 0 aromatic carbocycles. The molecule has 0 radical (unpaired) electrons. The van der Waals surface area contributed by atoms with Gasteiger partial charge in [-0.15, -0.1) is 0 Å². The number of hydrogen-bond donors (Lipinski definition) is 5. The molecule has 2 aliphatic heterocycles. The third-order valence-electron chi connectivity index (χ3n) is 17.8. The van der Waals surface area contributed by atoms with E-state index >= 15 is 0 Å². The summed E-state index contributed by atoms with van der Waals surface area (Å²) in [5, 5.41) is 54.7. The van der Waals surface area contributed by atoms with Crippen molar-refractivity contribution in [3.63, 3.8) is 0 Å². The van der Waals surface area contributed by atoms with Crippen molar-refractivity contribution in [1.82, 2.24) is 0 Å². The molecular formula is C45H68O16. The Morgan fingerprint density at radius 3 is 1.87 bits per heavy atom. The maximum absolute atomic E-state index is 15.0. The van der Waals surface area contributed by atoms with Gasteiger partial charge in [0.15, 0.2) is 30.6 Å². The van der Waals surface area contributed by atoms with Gasteiger partial charge in [-0.05, 0) is 110 Å². The second-order valence-corrected chi connectivity index (χ2v) is 21.2. The molecule has 7 aliphatic rings. The Bertz CT molecular complexity index is 1780. The number of fused-ring (bicyclic) bond motifs is 7. The number of ketones is 1. The molecule has 5 aliphatic carbocycles. The molecule has 2 heterocycles. The predicted molar refractivity (Wildman–Crippen MR) is 213 cm³/mol. The van der Waals surface area contributed by atoms with E-state index < -0.39 is 95.7 Å². The van der Waals surface area contributed by atoms with E-state index in [2.05, 4.69) is 46.3 Å². The Hall–Kier alpha value is -2.54. The van der Waals surface area contributed by atoms with Gasteiger partial charge in [-0.1, -0.05) is 47.1 Å². The van der Waals surface area contributed by atoms with Crippen LogP contribution in [0.2, 0.25) is 0 Å². The lowest BCUT2D eigenvalue weighted by atomic mass is 9.33. The Labute approximate surface area is 357 Å². The summed E-state index contributed by atoms with van der Waals surface area (Å²) >= 11 is 0. The number of esters is 3. The summed E-state index contributed by atoms with van der Waals surface area (Å²) in [6.45, 7) is 15.4. The number of aliphatic hydroxyl groups excluding tert-OH is 5. The van der Waals surface area contributed by atoms with Crippen molar-refractivity contribution in [3.8, 4) is 0 Å². The summed E-state index contributed by atoms with van der Waals surface area (Å²) in [6.07, 6.45) is -9.85. The fourth-order valence-corrected chi connectivity index (χ4v) is 13.8. The number of carbonyl (C=O) groups excluding carboxylic acids is 4. The van der Waals surface area contributed by atoms with E-state index in [0.29, 0.717) is 19.3 Å². The SMILES string of the molecule is COC(=O)[C@H]1O[C@@H](O[C@@H]2[C@@H](O)[C@H](O[C@H]3CC[C@]4(C)[C@H]5C(=O)C=C6[C@@H]7C[C@@](C)(C(=O)OC)CC[C@]7(C)CC[C@@]6(C)[C@]5(C)CC[C@H]4C3(C)C)O[C@H](C(=O)OC)[C@H]2O)[C@H](O)[C@@H](O)[C@@H]1O. The Kier molecular flexibility index (Phi) is 12.1. The van der Waals surface area contributed by atoms with E-state index in [1.807, 2.05) is 13.0 Å². The first-order valence-corrected chi connectivity index (χ1v) is 21.9. The first-order valence-electron chi connectivity index (χ1n) is 21.9. The number of methoxy groups -OCH3 is 3. The number of carbonyl (C=O) groups is 4. The van der Waals surface area contributed by atoms with Crippen LogP contribution < -0.4 is 0 Å². The standard InChI is InChI=1S/C45H68O16/c1-40(2)24-11-14-45(7)34(23(46)19-21-22-20-42(4,39(54)57-10)16-15-41(22,3)17-18-44(21,45)6)43(24,5)13-12-25(40)58-38-30(51)31(29(50)33(61-38)36(53)56-9)59-37-28(49)26(47)27(48)32(60-37)35(52)55-8/h19,22,24-34,37-38,47-51H,11-18,20H2,1-10H3/t22-,24-,25-,26-,27-,28+,29-,30+,31-,32-,33-,34+,37+,38+,41+,42-,43-,44+,45+/m0/s1. The topological polar surface area (TPSA) is 234 Å². The number of rotatable bonds is 7. The van der Waals surface area contributed by atoms with Crippen LogP contribution in [0.1, 0.15) is 106 Å². The number of ether oxygens (including phenoxy) is 7. The van der Waals surface area contributed by atoms with Gasteiger partial charge in [-0.25, -0.2) is 9.59 Å². The molecule has 344 valence electrons. The maximum atomic E-state index is 15.0. The summed E-state index contributed by atoms with van der Waals surface area (Å²) in [5.41, 5.74) is -1.12. The second kappa shape index (κ2) is 15.9. The van der Waals surface area contributed by atoms with E-state index in [1.165, 1.54) is 12.7 Å². The maximum Gasteiger partial charge on any atom is 0.337 e. The predicted octanol–water partition coefficient (Wildman–Crippen LogP) is 2.51. The van der Waals surface area contributed by atoms with Crippen molar-refractivity contribution in [2.75, 3.05) is 21.3 Å². The summed E-state index contributed by atoms with van der Waals surface area (Å²) < 4.78 is 38.7. The van der Waals surface area contributed by atoms with Crippen molar-refractivity contribution >= 4 is 23.7 Å². The summed E-state index contributed by atoms with van der Waals surface area (Å²) in [4.78, 5) is 53.4. The molecule has 6 fully saturated rings. The van der Waals surface area contributed by atoms with Crippen molar-refractivity contribution in [2.45, 2.75) is 174 Å². The van der Waals surface area contributed by atoms with E-state index in [0.717, 1.165) is 52.7 Å². The second-order valence-electron chi connectivity index (χ2n) is 21.2. The molecule has 0 aromatic rings. The molecule has 2 saturated heterocycles. The fraction of sp³-hybridized carbons (Fsp3) is 0.867. The smallest absolute Gasteiger partial charge is 0.337 e. The molecule has 0 aromatic heterocycles. The Balaban J connectivity index is 1.15. The van der Waals surface area contributed by atoms with E-state index in [1.54, 1.807) is 0 Å². The minimum atomic E-state index is -1.95. The zero-order chi connectivity index (χ0) is 45.0. The van der Waals surface area contributed by atoms with Crippen molar-refractivity contribution in [2.24, 2.45) is 50.2 Å². The van der Waals surface area contributed by atoms with Crippen LogP contribution in [0, 0.1) is 50.2 Å². The van der Waals surface area contributed by atoms with E-state index in [-0.39, 0.29) is 45.8 Å². The van der Waals surface area contributed by atoms with Gasteiger partial charge in [-0.3, -0.25) is 9.59 Å². The number of allylic oxidation sites excluding steroid dienone is 2. The highest BCUT2D eigenvalue weighted by molar-refractivity contribution is 5.95. The molecule has 4 saturated carbocycles. The zero-order valence-electron chi connectivity index (χ0n) is 37.3. The lowest BCUT2D eigenvalue weighted by molar-refractivity contribution is -0.362. The molecule has 16 nitrogen and oxygen atoms in total. The van der Waals surface area contributed by atoms with Crippen molar-refractivity contribution in [3.05, 3.63) is 11.6 Å². The minimum absolute atomic E-state index is 0.0158. The van der Waals surface area contributed by atoms with Gasteiger partial charge in [-0.2, -0.15) is 0 Å². The van der Waals surface area contributed by atoms with Gasteiger partial charge in [0, 0.05) is 5.92 Å². The van der Waals surface area contributed by atoms with Crippen LogP contribution in [-0.2, 0) is 52.3 Å². The molecule has 0 spiro atoms. The molecule has 0 bridgehead atoms. The number of aliphatic hydroxyl groups is 5. The highest BCUT2D eigenvalue weighted by atomic mass is 16.7. The monoisotopic (exact) mass is 864 g/mol. The lowest BCUT2D eigenvalue weighted by Crippen LogP contribution is -2.68. The molecular weight excluding hydrogens is 796 g/mol. The third-order valence-corrected chi connectivity index (χ3v) is 17.8. The first kappa shape index (κ1) is 46.5. The molecule has 61 heavy (non-hydrogen) atoms. The molecule has 7 rings (SSSR count). The quantitative estimate of drug-likeness (QED) is 0.141. The van der Waals surface area contributed by atoms with Crippen LogP contribution in [0.4, 0.5) is 0 Å². The normalized spacial score (nSPS) is 50.4. The van der Waals surface area contributed by atoms with Gasteiger partial charge in [0.05, 0.1) is 32.8 Å². The Morgan fingerprint density at radius 2 is 1.26 bits per heavy atom. The zero-order valence-corrected chi connectivity index (χ0v) is 37.3. The largest absolute Gasteiger partial charge is 0.469 e. The summed E-state index contributed by atoms with van der Waals surface area (Å²) in [6, 6.07) is 0. The van der Waals surface area contributed by atoms with E-state index in [4.69, 9.17) is 28.4 Å². The average molecular weight is 865 g/mol. The van der Waals surface area contributed by atoms with Crippen LogP contribution in [-0.4, -0.2) is 138 Å². The summed E-state index contributed by atoms with van der Waals surface area (Å²) in [5.74, 6) is -2.36. The van der Waals surface area contributed by atoms with Crippen LogP contribution >= 0.6 is 0 Å². The lowest BCUT2D eigenvalue weighted by Gasteiger charge is -2.70. The molecule has 0 unspecified atom stereocenters. The van der Waals surface area contributed by atoms with Crippen LogP contribution in [0.5, 0.6) is 0 Å². The van der Waals surface area contributed by atoms with Gasteiger partial charge >= 0.3 is 17.9 Å². The molecule has 0 amide bonds. The first-order chi connectivity index (χ1) is 28.4. The van der Waals surface area contributed by atoms with Crippen LogP contribution in [0.15, 0.2) is 11.6 Å². The molecule has 16 heteroatoms. The number of hydrogen-bond acceptors (Lipinski definition) is 16. The van der Waals surface area contributed by atoms with Crippen molar-refractivity contribution in [1.29, 1.82) is 0 Å². The minimum Gasteiger partial charge on any atom is -0.469 e. The highest BCUT2D eigenvalue weighted by Gasteiger charge is 2.71. The Morgan fingerprint density at radius 1 is 0.672 bits per heavy atom. The van der Waals surface area contributed by atoms with Gasteiger partial charge in [0.25, 0.3) is 0 Å². The molecule has 19 atom stereocenters. The van der Waals surface area contributed by atoms with Gasteiger partial charge < -0.3 is 58.7 Å². The van der Waals surface area contributed by atoms with Crippen molar-refractivity contribution < 1.29 is 77.9 Å². The van der Waals surface area contributed by atoms with Crippen LogP contribution in [0.3, 0.4) is 0 Å². The highest BCUT2D eigenvalue weighted by Crippen LogP contribution is 2.75. The van der Waals surface area contributed by atoms with Gasteiger partial charge in [0.2, 0.25) is 0 Å². The van der Waals surface area contributed by atoms with Gasteiger partial charge in [0.1, 0.15) is 36.6 Å².